The standard InChI is InChI=1S/C20H20FN3OS/c21-15-6-3-7-16(11-15)22-19(25)13-24-10-4-5-14(12-24)20-23-17-8-1-2-9-18(17)26-20/h1-3,6-9,11,14H,4-5,10,12-13H2,(H,22,25)/t14-/m1/s1. The van der Waals surface area contributed by atoms with Crippen LogP contribution in [0, 0.1) is 5.82 Å². The highest BCUT2D eigenvalue weighted by Gasteiger charge is 2.25. The molecule has 0 radical (unpaired) electrons. The number of benzene rings is 2. The van der Waals surface area contributed by atoms with Crippen molar-refractivity contribution in [1.29, 1.82) is 0 Å². The Morgan fingerprint density at radius 3 is 3.00 bits per heavy atom. The van der Waals surface area contributed by atoms with Crippen LogP contribution in [0.3, 0.4) is 0 Å². The Morgan fingerprint density at radius 2 is 2.15 bits per heavy atom. The molecule has 1 saturated heterocycles. The predicted molar refractivity (Wildman–Crippen MR) is 103 cm³/mol. The quantitative estimate of drug-likeness (QED) is 0.748. The number of rotatable bonds is 4. The number of carbonyl (C=O) groups excluding carboxylic acids is 1. The van der Waals surface area contributed by atoms with Crippen LogP contribution in [0.5, 0.6) is 0 Å². The molecule has 1 fully saturated rings. The first kappa shape index (κ1) is 17.1. The number of piperidine rings is 1. The first-order valence-corrected chi connectivity index (χ1v) is 9.62. The van der Waals surface area contributed by atoms with E-state index in [4.69, 9.17) is 4.98 Å². The zero-order chi connectivity index (χ0) is 17.9. The Bertz CT molecular complexity index is 893. The van der Waals surface area contributed by atoms with Crippen LogP contribution in [0.4, 0.5) is 10.1 Å². The summed E-state index contributed by atoms with van der Waals surface area (Å²) >= 11 is 1.75. The number of fused-ring (bicyclic) bond motifs is 1. The molecule has 3 aromatic rings. The van der Waals surface area contributed by atoms with Crippen LogP contribution in [0.15, 0.2) is 48.5 Å². The van der Waals surface area contributed by atoms with E-state index in [0.717, 1.165) is 36.5 Å². The molecule has 1 aliphatic heterocycles. The van der Waals surface area contributed by atoms with Gasteiger partial charge < -0.3 is 5.32 Å². The molecule has 4 nitrogen and oxygen atoms in total. The molecule has 1 N–H and O–H groups in total. The number of aromatic nitrogens is 1. The van der Waals surface area contributed by atoms with E-state index < -0.39 is 0 Å². The van der Waals surface area contributed by atoms with E-state index in [2.05, 4.69) is 16.3 Å². The van der Waals surface area contributed by atoms with Crippen LogP contribution in [-0.4, -0.2) is 35.4 Å². The number of nitrogens with one attached hydrogen (secondary N) is 1. The van der Waals surface area contributed by atoms with Crippen molar-refractivity contribution in [3.8, 4) is 0 Å². The van der Waals surface area contributed by atoms with Gasteiger partial charge in [-0.15, -0.1) is 11.3 Å². The van der Waals surface area contributed by atoms with Gasteiger partial charge in [-0.2, -0.15) is 0 Å². The second-order valence-electron chi connectivity index (χ2n) is 6.65. The number of amides is 1. The second-order valence-corrected chi connectivity index (χ2v) is 7.71. The van der Waals surface area contributed by atoms with Crippen LogP contribution in [0.2, 0.25) is 0 Å². The Balaban J connectivity index is 1.39. The normalized spacial score (nSPS) is 18.1. The molecule has 0 spiro atoms. The molecule has 4 rings (SSSR count). The number of hydrogen-bond acceptors (Lipinski definition) is 4. The largest absolute Gasteiger partial charge is 0.325 e. The van der Waals surface area contributed by atoms with E-state index in [0.29, 0.717) is 18.2 Å². The number of carbonyl (C=O) groups is 1. The molecule has 0 aliphatic carbocycles. The van der Waals surface area contributed by atoms with E-state index in [1.165, 1.54) is 16.8 Å². The van der Waals surface area contributed by atoms with E-state index in [9.17, 15) is 9.18 Å². The van der Waals surface area contributed by atoms with Gasteiger partial charge in [0.25, 0.3) is 0 Å². The average Bonchev–Trinajstić information content (AvgIpc) is 3.06. The summed E-state index contributed by atoms with van der Waals surface area (Å²) in [5.74, 6) is -0.0969. The minimum atomic E-state index is -0.350. The fourth-order valence-corrected chi connectivity index (χ4v) is 4.53. The highest BCUT2D eigenvalue weighted by Crippen LogP contribution is 2.32. The topological polar surface area (TPSA) is 45.2 Å². The van der Waals surface area contributed by atoms with Crippen LogP contribution < -0.4 is 5.32 Å². The smallest absolute Gasteiger partial charge is 0.238 e. The number of nitrogens with zero attached hydrogens (tertiary/aromatic N) is 2. The maximum absolute atomic E-state index is 13.2. The molecule has 2 aromatic carbocycles. The van der Waals surface area contributed by atoms with E-state index >= 15 is 0 Å². The van der Waals surface area contributed by atoms with Crippen molar-refractivity contribution in [3.63, 3.8) is 0 Å². The number of hydrogen-bond donors (Lipinski definition) is 1. The molecule has 1 amide bonds. The third-order valence-corrected chi connectivity index (χ3v) is 5.84. The first-order chi connectivity index (χ1) is 12.7. The van der Waals surface area contributed by atoms with Crippen molar-refractivity contribution in [2.45, 2.75) is 18.8 Å². The third kappa shape index (κ3) is 3.92. The van der Waals surface area contributed by atoms with Gasteiger partial charge in [-0.3, -0.25) is 9.69 Å². The highest BCUT2D eigenvalue weighted by atomic mass is 32.1. The lowest BCUT2D eigenvalue weighted by atomic mass is 9.99. The predicted octanol–water partition coefficient (Wildman–Crippen LogP) is 4.25. The lowest BCUT2D eigenvalue weighted by Crippen LogP contribution is -2.39. The summed E-state index contributed by atoms with van der Waals surface area (Å²) < 4.78 is 14.4. The number of para-hydroxylation sites is 1. The molecule has 6 heteroatoms. The van der Waals surface area contributed by atoms with Crippen LogP contribution in [-0.2, 0) is 4.79 Å². The molecule has 1 atom stereocenters. The summed E-state index contributed by atoms with van der Waals surface area (Å²) in [6.45, 7) is 2.05. The van der Waals surface area contributed by atoms with Gasteiger partial charge in [-0.05, 0) is 49.7 Å². The van der Waals surface area contributed by atoms with Crippen molar-refractivity contribution in [2.75, 3.05) is 25.0 Å². The highest BCUT2D eigenvalue weighted by molar-refractivity contribution is 7.18. The maximum Gasteiger partial charge on any atom is 0.238 e. The zero-order valence-electron chi connectivity index (χ0n) is 14.3. The number of halogens is 1. The fraction of sp³-hybridized carbons (Fsp3) is 0.300. The average molecular weight is 369 g/mol. The van der Waals surface area contributed by atoms with Gasteiger partial charge in [0, 0.05) is 18.2 Å². The number of thiazole rings is 1. The molecular formula is C20H20FN3OS. The maximum atomic E-state index is 13.2. The lowest BCUT2D eigenvalue weighted by Gasteiger charge is -2.31. The summed E-state index contributed by atoms with van der Waals surface area (Å²) in [5, 5.41) is 3.93. The zero-order valence-corrected chi connectivity index (χ0v) is 15.1. The Kier molecular flexibility index (Phi) is 4.95. The fourth-order valence-electron chi connectivity index (χ4n) is 3.44. The van der Waals surface area contributed by atoms with Crippen molar-refractivity contribution in [2.24, 2.45) is 0 Å². The van der Waals surface area contributed by atoms with Crippen LogP contribution in [0.25, 0.3) is 10.2 Å². The molecule has 1 aliphatic rings. The SMILES string of the molecule is O=C(CN1CCC[C@@H](c2nc3ccccc3s2)C1)Nc1cccc(F)c1. The molecule has 134 valence electrons. The van der Waals surface area contributed by atoms with Gasteiger partial charge >= 0.3 is 0 Å². The van der Waals surface area contributed by atoms with Crippen LogP contribution >= 0.6 is 11.3 Å². The minimum absolute atomic E-state index is 0.111. The minimum Gasteiger partial charge on any atom is -0.325 e. The van der Waals surface area contributed by atoms with Gasteiger partial charge in [0.2, 0.25) is 5.91 Å². The molecule has 0 saturated carbocycles. The summed E-state index contributed by atoms with van der Waals surface area (Å²) in [4.78, 5) is 19.2. The van der Waals surface area contributed by atoms with Gasteiger partial charge in [-0.1, -0.05) is 18.2 Å². The van der Waals surface area contributed by atoms with E-state index in [1.807, 2.05) is 18.2 Å². The second kappa shape index (κ2) is 7.51. The monoisotopic (exact) mass is 369 g/mol. The van der Waals surface area contributed by atoms with Crippen molar-refractivity contribution in [1.82, 2.24) is 9.88 Å². The molecular weight excluding hydrogens is 349 g/mol. The van der Waals surface area contributed by atoms with Crippen molar-refractivity contribution in [3.05, 3.63) is 59.4 Å². The summed E-state index contributed by atoms with van der Waals surface area (Å²) in [7, 11) is 0. The van der Waals surface area contributed by atoms with Crippen molar-refractivity contribution < 1.29 is 9.18 Å². The molecule has 26 heavy (non-hydrogen) atoms. The molecule has 1 aromatic heterocycles. The van der Waals surface area contributed by atoms with Gasteiger partial charge in [-0.25, -0.2) is 9.37 Å². The molecule has 0 bridgehead atoms. The van der Waals surface area contributed by atoms with Gasteiger partial charge in [0.1, 0.15) is 5.82 Å². The summed E-state index contributed by atoms with van der Waals surface area (Å²) in [5.41, 5.74) is 1.54. The van der Waals surface area contributed by atoms with E-state index in [-0.39, 0.29) is 11.7 Å². The summed E-state index contributed by atoms with van der Waals surface area (Å²) in [6, 6.07) is 14.2. The Morgan fingerprint density at radius 1 is 1.27 bits per heavy atom. The number of anilines is 1. The Hall–Kier alpha value is -2.31. The Labute approximate surface area is 155 Å². The van der Waals surface area contributed by atoms with Crippen molar-refractivity contribution >= 4 is 33.1 Å². The lowest BCUT2D eigenvalue weighted by molar-refractivity contribution is -0.117. The first-order valence-electron chi connectivity index (χ1n) is 8.80. The van der Waals surface area contributed by atoms with Crippen LogP contribution in [0.1, 0.15) is 23.8 Å². The van der Waals surface area contributed by atoms with Gasteiger partial charge in [0.05, 0.1) is 21.8 Å². The molecule has 0 unspecified atom stereocenters. The van der Waals surface area contributed by atoms with E-state index in [1.54, 1.807) is 23.5 Å². The molecule has 2 heterocycles. The summed E-state index contributed by atoms with van der Waals surface area (Å²) in [6.07, 6.45) is 2.15. The number of likely N-dealkylation sites (tertiary alicyclic amines) is 1. The van der Waals surface area contributed by atoms with Gasteiger partial charge in [0.15, 0.2) is 0 Å². The third-order valence-electron chi connectivity index (χ3n) is 4.64.